The fourth-order valence-corrected chi connectivity index (χ4v) is 3.23. The topological polar surface area (TPSA) is 69.2 Å². The molecule has 2 aromatic rings. The highest BCUT2D eigenvalue weighted by Gasteiger charge is 2.13. The third-order valence-corrected chi connectivity index (χ3v) is 4.49. The highest BCUT2D eigenvalue weighted by molar-refractivity contribution is 9.10. The van der Waals surface area contributed by atoms with E-state index in [0.717, 1.165) is 14.5 Å². The molecule has 6 nitrogen and oxygen atoms in total. The Morgan fingerprint density at radius 1 is 1.11 bits per heavy atom. The predicted molar refractivity (Wildman–Crippen MR) is 112 cm³/mol. The Morgan fingerprint density at radius 3 is 2.52 bits per heavy atom. The molecule has 0 saturated heterocycles. The minimum absolute atomic E-state index is 0.376. The van der Waals surface area contributed by atoms with Gasteiger partial charge in [-0.1, -0.05) is 15.9 Å². The zero-order valence-corrected chi connectivity index (χ0v) is 18.4. The van der Waals surface area contributed by atoms with Gasteiger partial charge in [0.2, 0.25) is 0 Å². The first-order chi connectivity index (χ1) is 13.0. The van der Waals surface area contributed by atoms with Gasteiger partial charge < -0.3 is 14.2 Å². The van der Waals surface area contributed by atoms with Crippen molar-refractivity contribution in [2.75, 3.05) is 20.3 Å². The lowest BCUT2D eigenvalue weighted by molar-refractivity contribution is 0.0952. The average Bonchev–Trinajstić information content (AvgIpc) is 2.64. The Hall–Kier alpha value is -2.06. The van der Waals surface area contributed by atoms with E-state index < -0.39 is 0 Å². The molecule has 0 saturated carbocycles. The van der Waals surface area contributed by atoms with Gasteiger partial charge >= 0.3 is 0 Å². The molecule has 1 N–H and O–H groups in total. The molecule has 0 radical (unpaired) electrons. The van der Waals surface area contributed by atoms with Crippen LogP contribution < -0.4 is 19.6 Å². The van der Waals surface area contributed by atoms with Crippen molar-refractivity contribution in [3.05, 3.63) is 50.4 Å². The van der Waals surface area contributed by atoms with Crippen molar-refractivity contribution in [2.45, 2.75) is 13.8 Å². The fourth-order valence-electron chi connectivity index (χ4n) is 2.29. The monoisotopic (exact) mass is 498 g/mol. The molecule has 0 unspecified atom stereocenters. The number of hydrogen-bond acceptors (Lipinski definition) is 5. The molecule has 27 heavy (non-hydrogen) atoms. The van der Waals surface area contributed by atoms with Crippen molar-refractivity contribution < 1.29 is 19.0 Å². The molecule has 0 bridgehead atoms. The van der Waals surface area contributed by atoms with Crippen LogP contribution in [0, 0.1) is 0 Å². The van der Waals surface area contributed by atoms with Crippen LogP contribution in [0.3, 0.4) is 0 Å². The van der Waals surface area contributed by atoms with Gasteiger partial charge in [0.1, 0.15) is 5.75 Å². The van der Waals surface area contributed by atoms with E-state index >= 15 is 0 Å². The molecule has 0 aliphatic rings. The fraction of sp³-hybridized carbons (Fsp3) is 0.263. The molecule has 0 aliphatic carbocycles. The van der Waals surface area contributed by atoms with Crippen LogP contribution in [0.15, 0.2) is 44.4 Å². The van der Waals surface area contributed by atoms with Crippen LogP contribution in [0.4, 0.5) is 0 Å². The van der Waals surface area contributed by atoms with Crippen LogP contribution in [0.2, 0.25) is 0 Å². The number of methoxy groups -OCH3 is 1. The van der Waals surface area contributed by atoms with Gasteiger partial charge in [-0.3, -0.25) is 4.79 Å². The zero-order valence-electron chi connectivity index (χ0n) is 15.2. The number of halogens is 2. The number of nitrogens with one attached hydrogen (secondary N) is 1. The zero-order chi connectivity index (χ0) is 19.8. The lowest BCUT2D eigenvalue weighted by atomic mass is 10.2. The number of carbonyl (C=O) groups excluding carboxylic acids is 1. The van der Waals surface area contributed by atoms with Crippen molar-refractivity contribution >= 4 is 44.0 Å². The van der Waals surface area contributed by atoms with Crippen LogP contribution in [0.5, 0.6) is 17.2 Å². The van der Waals surface area contributed by atoms with Gasteiger partial charge in [-0.2, -0.15) is 5.10 Å². The molecular formula is C19H20Br2N2O4. The summed E-state index contributed by atoms with van der Waals surface area (Å²) in [5.41, 5.74) is 3.63. The highest BCUT2D eigenvalue weighted by Crippen LogP contribution is 2.36. The van der Waals surface area contributed by atoms with E-state index in [-0.39, 0.29) is 5.91 Å². The summed E-state index contributed by atoms with van der Waals surface area (Å²) in [4.78, 5) is 12.4. The van der Waals surface area contributed by atoms with Crippen molar-refractivity contribution in [2.24, 2.45) is 5.10 Å². The second kappa shape index (κ2) is 10.3. The van der Waals surface area contributed by atoms with Gasteiger partial charge in [0.15, 0.2) is 11.5 Å². The summed E-state index contributed by atoms with van der Waals surface area (Å²) in [6.07, 6.45) is 1.53. The Bertz CT molecular complexity index is 841. The van der Waals surface area contributed by atoms with Crippen molar-refractivity contribution in [3.8, 4) is 17.2 Å². The summed E-state index contributed by atoms with van der Waals surface area (Å²) in [6, 6.07) is 8.81. The predicted octanol–water partition coefficient (Wildman–Crippen LogP) is 4.78. The van der Waals surface area contributed by atoms with Crippen LogP contribution in [0.1, 0.15) is 29.8 Å². The number of hydrazone groups is 1. The van der Waals surface area contributed by atoms with E-state index in [9.17, 15) is 4.79 Å². The number of benzene rings is 2. The first-order valence-electron chi connectivity index (χ1n) is 8.26. The summed E-state index contributed by atoms with van der Waals surface area (Å²) in [6.45, 7) is 4.84. The number of amides is 1. The summed E-state index contributed by atoms with van der Waals surface area (Å²) < 4.78 is 18.0. The van der Waals surface area contributed by atoms with Crippen molar-refractivity contribution in [1.82, 2.24) is 5.43 Å². The maximum Gasteiger partial charge on any atom is 0.275 e. The first-order valence-corrected chi connectivity index (χ1v) is 9.84. The number of ether oxygens (including phenoxy) is 3. The number of carbonyl (C=O) groups is 1. The minimum Gasteiger partial charge on any atom is -0.496 e. The molecule has 0 aliphatic heterocycles. The molecule has 0 fully saturated rings. The maximum absolute atomic E-state index is 12.4. The lowest BCUT2D eigenvalue weighted by Crippen LogP contribution is -2.18. The molecule has 2 rings (SSSR count). The molecule has 1 amide bonds. The van der Waals surface area contributed by atoms with Crippen molar-refractivity contribution in [3.63, 3.8) is 0 Å². The number of hydrogen-bond donors (Lipinski definition) is 1. The summed E-state index contributed by atoms with van der Waals surface area (Å²) >= 11 is 6.82. The molecule has 0 atom stereocenters. The van der Waals surface area contributed by atoms with Crippen LogP contribution in [-0.4, -0.2) is 32.4 Å². The lowest BCUT2D eigenvalue weighted by Gasteiger charge is -2.13. The van der Waals surface area contributed by atoms with Crippen LogP contribution >= 0.6 is 31.9 Å². The quantitative estimate of drug-likeness (QED) is 0.419. The van der Waals surface area contributed by atoms with E-state index in [1.54, 1.807) is 24.3 Å². The average molecular weight is 500 g/mol. The largest absolute Gasteiger partial charge is 0.496 e. The third-order valence-electron chi connectivity index (χ3n) is 3.41. The molecule has 2 aromatic carbocycles. The Labute approximate surface area is 175 Å². The third kappa shape index (κ3) is 5.71. The van der Waals surface area contributed by atoms with Gasteiger partial charge in [0, 0.05) is 4.47 Å². The van der Waals surface area contributed by atoms with E-state index in [0.29, 0.717) is 36.0 Å². The second-order valence-electron chi connectivity index (χ2n) is 5.24. The summed E-state index contributed by atoms with van der Waals surface area (Å²) in [5.74, 6) is 1.34. The van der Waals surface area contributed by atoms with Gasteiger partial charge in [-0.25, -0.2) is 5.43 Å². The first kappa shape index (κ1) is 21.2. The molecule has 0 spiro atoms. The number of rotatable bonds is 8. The van der Waals surface area contributed by atoms with Crippen molar-refractivity contribution in [1.29, 1.82) is 0 Å². The van der Waals surface area contributed by atoms with E-state index in [2.05, 4.69) is 42.4 Å². The van der Waals surface area contributed by atoms with E-state index in [1.165, 1.54) is 13.3 Å². The van der Waals surface area contributed by atoms with Crippen LogP contribution in [0.25, 0.3) is 0 Å². The molecule has 8 heteroatoms. The number of nitrogens with zero attached hydrogens (tertiary/aromatic N) is 1. The summed E-state index contributed by atoms with van der Waals surface area (Å²) in [7, 11) is 1.51. The summed E-state index contributed by atoms with van der Waals surface area (Å²) in [5, 5.41) is 4.03. The van der Waals surface area contributed by atoms with Gasteiger partial charge in [0.05, 0.1) is 36.6 Å². The maximum atomic E-state index is 12.4. The Kier molecular flexibility index (Phi) is 8.12. The normalized spacial score (nSPS) is 10.7. The van der Waals surface area contributed by atoms with Gasteiger partial charge in [0.25, 0.3) is 5.91 Å². The van der Waals surface area contributed by atoms with Gasteiger partial charge in [-0.05, 0) is 65.7 Å². The molecule has 0 aromatic heterocycles. The molecular weight excluding hydrogens is 480 g/mol. The SMILES string of the molecule is CCOc1cc(/C=N\NC(=O)c2cc(Br)ccc2OC)cc(Br)c1OCC. The standard InChI is InChI=1S/C19H20Br2N2O4/c1-4-26-17-9-12(8-15(21)18(17)27-5-2)11-22-23-19(24)14-10-13(20)6-7-16(14)25-3/h6-11H,4-5H2,1-3H3,(H,23,24)/b22-11-. The highest BCUT2D eigenvalue weighted by atomic mass is 79.9. The Morgan fingerprint density at radius 2 is 1.85 bits per heavy atom. The second-order valence-corrected chi connectivity index (χ2v) is 7.01. The van der Waals surface area contributed by atoms with Crippen LogP contribution in [-0.2, 0) is 0 Å². The van der Waals surface area contributed by atoms with E-state index in [1.807, 2.05) is 19.9 Å². The van der Waals surface area contributed by atoms with E-state index in [4.69, 9.17) is 14.2 Å². The smallest absolute Gasteiger partial charge is 0.275 e. The van der Waals surface area contributed by atoms with Gasteiger partial charge in [-0.15, -0.1) is 0 Å². The minimum atomic E-state index is -0.376. The molecule has 0 heterocycles. The molecule has 144 valence electrons. The Balaban J connectivity index is 2.18.